The fraction of sp³-hybridized carbons (Fsp3) is 0.588. The van der Waals surface area contributed by atoms with Crippen LogP contribution < -0.4 is 15.4 Å². The summed E-state index contributed by atoms with van der Waals surface area (Å²) in [6.07, 6.45) is 0.600. The fourth-order valence-corrected chi connectivity index (χ4v) is 1.99. The van der Waals surface area contributed by atoms with E-state index in [9.17, 15) is 4.79 Å². The molecular formula is C17H28N2O2. The predicted octanol–water partition coefficient (Wildman–Crippen LogP) is 3.88. The maximum atomic E-state index is 11.7. The smallest absolute Gasteiger partial charge is 0.317 e. The third-order valence-electron chi connectivity index (χ3n) is 3.19. The molecule has 1 rings (SSSR count). The minimum absolute atomic E-state index is 0.190. The van der Waals surface area contributed by atoms with E-state index in [1.807, 2.05) is 25.1 Å². The number of nitrogens with one attached hydrogen (secondary N) is 2. The van der Waals surface area contributed by atoms with Crippen LogP contribution in [0.5, 0.6) is 5.75 Å². The van der Waals surface area contributed by atoms with Crippen LogP contribution in [-0.2, 0) is 0 Å². The van der Waals surface area contributed by atoms with Crippen molar-refractivity contribution in [2.75, 3.05) is 6.54 Å². The van der Waals surface area contributed by atoms with Crippen LogP contribution in [0.4, 0.5) is 4.79 Å². The first-order valence-corrected chi connectivity index (χ1v) is 7.70. The molecule has 4 nitrogen and oxygen atoms in total. The van der Waals surface area contributed by atoms with Crippen LogP contribution in [0.15, 0.2) is 24.3 Å². The van der Waals surface area contributed by atoms with Gasteiger partial charge in [-0.15, -0.1) is 0 Å². The van der Waals surface area contributed by atoms with Gasteiger partial charge in [0.15, 0.2) is 6.23 Å². The van der Waals surface area contributed by atoms with Crippen LogP contribution in [-0.4, -0.2) is 18.8 Å². The quantitative estimate of drug-likeness (QED) is 0.749. The van der Waals surface area contributed by atoms with Gasteiger partial charge in [-0.3, -0.25) is 0 Å². The average Bonchev–Trinajstić information content (AvgIpc) is 2.38. The third-order valence-corrected chi connectivity index (χ3v) is 3.19. The first-order chi connectivity index (χ1) is 9.90. The molecule has 0 saturated carbocycles. The molecule has 0 spiro atoms. The summed E-state index contributed by atoms with van der Waals surface area (Å²) in [6, 6.07) is 7.74. The van der Waals surface area contributed by atoms with Gasteiger partial charge in [0, 0.05) is 6.54 Å². The Balaban J connectivity index is 2.46. The van der Waals surface area contributed by atoms with E-state index in [4.69, 9.17) is 4.74 Å². The molecule has 1 unspecified atom stereocenters. The van der Waals surface area contributed by atoms with Crippen molar-refractivity contribution in [1.82, 2.24) is 10.6 Å². The molecule has 1 atom stereocenters. The van der Waals surface area contributed by atoms with Gasteiger partial charge in [0.2, 0.25) is 0 Å². The second-order valence-corrected chi connectivity index (χ2v) is 6.04. The van der Waals surface area contributed by atoms with E-state index in [-0.39, 0.29) is 12.3 Å². The molecule has 0 aromatic heterocycles. The highest BCUT2D eigenvalue weighted by Gasteiger charge is 2.12. The maximum absolute atomic E-state index is 11.7. The zero-order valence-electron chi connectivity index (χ0n) is 13.8. The lowest BCUT2D eigenvalue weighted by Crippen LogP contribution is -2.43. The number of hydrogen-bond donors (Lipinski definition) is 2. The SMILES string of the molecule is CC(C)CCNC(=O)NC(C)Oc1ccccc1C(C)C. The van der Waals surface area contributed by atoms with Crippen LogP contribution in [0, 0.1) is 5.92 Å². The highest BCUT2D eigenvalue weighted by atomic mass is 16.5. The van der Waals surface area contributed by atoms with Gasteiger partial charge in [0.25, 0.3) is 0 Å². The first-order valence-electron chi connectivity index (χ1n) is 7.70. The van der Waals surface area contributed by atoms with E-state index in [0.29, 0.717) is 18.4 Å². The van der Waals surface area contributed by atoms with E-state index < -0.39 is 0 Å². The summed E-state index contributed by atoms with van der Waals surface area (Å²) in [7, 11) is 0. The highest BCUT2D eigenvalue weighted by molar-refractivity contribution is 5.73. The molecule has 0 aliphatic carbocycles. The van der Waals surface area contributed by atoms with Crippen molar-refractivity contribution in [3.05, 3.63) is 29.8 Å². The highest BCUT2D eigenvalue weighted by Crippen LogP contribution is 2.26. The van der Waals surface area contributed by atoms with E-state index in [0.717, 1.165) is 17.7 Å². The second-order valence-electron chi connectivity index (χ2n) is 6.04. The number of carbonyl (C=O) groups is 1. The largest absolute Gasteiger partial charge is 0.471 e. The number of urea groups is 1. The zero-order chi connectivity index (χ0) is 15.8. The average molecular weight is 292 g/mol. The Morgan fingerprint density at radius 2 is 1.81 bits per heavy atom. The Morgan fingerprint density at radius 1 is 1.14 bits per heavy atom. The molecule has 118 valence electrons. The van der Waals surface area contributed by atoms with Crippen molar-refractivity contribution in [2.24, 2.45) is 5.92 Å². The van der Waals surface area contributed by atoms with E-state index >= 15 is 0 Å². The summed E-state index contributed by atoms with van der Waals surface area (Å²) in [5.41, 5.74) is 1.14. The molecule has 0 fully saturated rings. The van der Waals surface area contributed by atoms with Crippen molar-refractivity contribution < 1.29 is 9.53 Å². The Hall–Kier alpha value is -1.71. The molecule has 0 aliphatic heterocycles. The molecule has 1 aromatic carbocycles. The molecule has 2 amide bonds. The molecule has 4 heteroatoms. The van der Waals surface area contributed by atoms with Crippen LogP contribution in [0.25, 0.3) is 0 Å². The normalized spacial score (nSPS) is 12.3. The molecule has 2 N–H and O–H groups in total. The van der Waals surface area contributed by atoms with E-state index in [2.05, 4.69) is 44.4 Å². The number of carbonyl (C=O) groups excluding carboxylic acids is 1. The summed E-state index contributed by atoms with van der Waals surface area (Å²) in [4.78, 5) is 11.7. The number of rotatable bonds is 7. The topological polar surface area (TPSA) is 50.4 Å². The number of para-hydroxylation sites is 1. The van der Waals surface area contributed by atoms with Crippen LogP contribution in [0.3, 0.4) is 0 Å². The van der Waals surface area contributed by atoms with Gasteiger partial charge in [-0.1, -0.05) is 45.9 Å². The number of benzene rings is 1. The molecule has 0 heterocycles. The lowest BCUT2D eigenvalue weighted by molar-refractivity contribution is 0.175. The molecule has 0 saturated heterocycles. The Bertz CT molecular complexity index is 444. The molecule has 0 aliphatic rings. The maximum Gasteiger partial charge on any atom is 0.317 e. The Morgan fingerprint density at radius 3 is 2.43 bits per heavy atom. The van der Waals surface area contributed by atoms with Gasteiger partial charge in [-0.25, -0.2) is 4.79 Å². The van der Waals surface area contributed by atoms with E-state index in [1.54, 1.807) is 0 Å². The fourth-order valence-electron chi connectivity index (χ4n) is 1.99. The van der Waals surface area contributed by atoms with Gasteiger partial charge < -0.3 is 15.4 Å². The van der Waals surface area contributed by atoms with Crippen LogP contribution >= 0.6 is 0 Å². The third kappa shape index (κ3) is 6.52. The van der Waals surface area contributed by atoms with Crippen molar-refractivity contribution in [3.8, 4) is 5.75 Å². The molecule has 1 aromatic rings. The van der Waals surface area contributed by atoms with Gasteiger partial charge in [0.05, 0.1) is 0 Å². The predicted molar refractivity (Wildman–Crippen MR) is 86.6 cm³/mol. The van der Waals surface area contributed by atoms with Crippen molar-refractivity contribution in [3.63, 3.8) is 0 Å². The lowest BCUT2D eigenvalue weighted by atomic mass is 10.0. The lowest BCUT2D eigenvalue weighted by Gasteiger charge is -2.20. The van der Waals surface area contributed by atoms with E-state index in [1.165, 1.54) is 0 Å². The van der Waals surface area contributed by atoms with Crippen molar-refractivity contribution in [2.45, 2.75) is 53.2 Å². The zero-order valence-corrected chi connectivity index (χ0v) is 13.8. The molecule has 0 radical (unpaired) electrons. The van der Waals surface area contributed by atoms with Gasteiger partial charge in [-0.05, 0) is 36.8 Å². The Kier molecular flexibility index (Phi) is 7.06. The molecule has 21 heavy (non-hydrogen) atoms. The number of hydrogen-bond acceptors (Lipinski definition) is 2. The van der Waals surface area contributed by atoms with Gasteiger partial charge in [0.1, 0.15) is 5.75 Å². The van der Waals surface area contributed by atoms with Crippen molar-refractivity contribution >= 4 is 6.03 Å². The molecular weight excluding hydrogens is 264 g/mol. The second kappa shape index (κ2) is 8.55. The molecule has 0 bridgehead atoms. The summed E-state index contributed by atoms with van der Waals surface area (Å²) in [5, 5.41) is 5.63. The first kappa shape index (κ1) is 17.3. The Labute approximate surface area is 128 Å². The standard InChI is InChI=1S/C17H28N2O2/c1-12(2)10-11-18-17(20)19-14(5)21-16-9-7-6-8-15(16)13(3)4/h6-9,12-14H,10-11H2,1-5H3,(H2,18,19,20). The minimum Gasteiger partial charge on any atom is -0.471 e. The van der Waals surface area contributed by atoms with Crippen LogP contribution in [0.1, 0.15) is 52.5 Å². The summed E-state index contributed by atoms with van der Waals surface area (Å²) >= 11 is 0. The minimum atomic E-state index is -0.371. The van der Waals surface area contributed by atoms with Gasteiger partial charge in [-0.2, -0.15) is 0 Å². The number of ether oxygens (including phenoxy) is 1. The number of amides is 2. The summed E-state index contributed by atoms with van der Waals surface area (Å²) in [5.74, 6) is 1.78. The van der Waals surface area contributed by atoms with Gasteiger partial charge >= 0.3 is 6.03 Å². The van der Waals surface area contributed by atoms with Crippen LogP contribution in [0.2, 0.25) is 0 Å². The van der Waals surface area contributed by atoms with Crippen molar-refractivity contribution in [1.29, 1.82) is 0 Å². The monoisotopic (exact) mass is 292 g/mol. The summed E-state index contributed by atoms with van der Waals surface area (Å²) < 4.78 is 5.83. The summed E-state index contributed by atoms with van der Waals surface area (Å²) in [6.45, 7) is 11.0.